The third-order valence-corrected chi connectivity index (χ3v) is 5.87. The number of nitrogens with zero attached hydrogens (tertiary/aromatic N) is 3. The number of halogens is 2. The van der Waals surface area contributed by atoms with Gasteiger partial charge in [-0.2, -0.15) is 4.98 Å². The number of hydrogen-bond acceptors (Lipinski definition) is 5. The quantitative estimate of drug-likeness (QED) is 0.602. The molecule has 156 valence electrons. The van der Waals surface area contributed by atoms with E-state index in [-0.39, 0.29) is 18.4 Å². The molecule has 0 radical (unpaired) electrons. The van der Waals surface area contributed by atoms with Crippen molar-refractivity contribution in [3.8, 4) is 11.4 Å². The maximum absolute atomic E-state index is 12.5. The van der Waals surface area contributed by atoms with E-state index in [1.165, 1.54) is 0 Å². The average molecular weight is 445 g/mol. The number of likely N-dealkylation sites (tertiary alicyclic amines) is 1. The van der Waals surface area contributed by atoms with E-state index < -0.39 is 0 Å². The molecule has 3 aromatic rings. The highest BCUT2D eigenvalue weighted by atomic mass is 35.5. The van der Waals surface area contributed by atoms with Crippen LogP contribution in [-0.4, -0.2) is 34.0 Å². The number of carbonyl (C=O) groups is 1. The molecule has 1 N–H and O–H groups in total. The molecule has 30 heavy (non-hydrogen) atoms. The van der Waals surface area contributed by atoms with Crippen molar-refractivity contribution in [1.29, 1.82) is 0 Å². The highest BCUT2D eigenvalue weighted by molar-refractivity contribution is 6.35. The van der Waals surface area contributed by atoms with Crippen LogP contribution in [0.5, 0.6) is 0 Å². The molecule has 2 heterocycles. The predicted molar refractivity (Wildman–Crippen MR) is 116 cm³/mol. The van der Waals surface area contributed by atoms with Crippen LogP contribution in [0.2, 0.25) is 10.0 Å². The molecule has 0 spiro atoms. The summed E-state index contributed by atoms with van der Waals surface area (Å²) < 4.78 is 5.25. The number of nitrogens with one attached hydrogen (secondary N) is 1. The molecule has 6 nitrogen and oxygen atoms in total. The van der Waals surface area contributed by atoms with E-state index in [1.807, 2.05) is 42.5 Å². The van der Waals surface area contributed by atoms with Crippen LogP contribution in [0, 0.1) is 5.92 Å². The summed E-state index contributed by atoms with van der Waals surface area (Å²) in [6.45, 7) is 2.68. The summed E-state index contributed by atoms with van der Waals surface area (Å²) in [4.78, 5) is 19.2. The molecule has 2 aromatic carbocycles. The van der Waals surface area contributed by atoms with Gasteiger partial charge in [0.05, 0.1) is 6.54 Å². The molecule has 8 heteroatoms. The van der Waals surface area contributed by atoms with Gasteiger partial charge in [-0.3, -0.25) is 9.69 Å². The average Bonchev–Trinajstić information content (AvgIpc) is 3.24. The van der Waals surface area contributed by atoms with Gasteiger partial charge in [-0.15, -0.1) is 0 Å². The first kappa shape index (κ1) is 20.8. The monoisotopic (exact) mass is 444 g/mol. The van der Waals surface area contributed by atoms with Crippen molar-refractivity contribution < 1.29 is 9.32 Å². The Bertz CT molecular complexity index is 1000. The van der Waals surface area contributed by atoms with E-state index in [1.54, 1.807) is 6.07 Å². The minimum atomic E-state index is -0.0153. The van der Waals surface area contributed by atoms with Crippen molar-refractivity contribution >= 4 is 29.1 Å². The van der Waals surface area contributed by atoms with Gasteiger partial charge in [-0.1, -0.05) is 64.8 Å². The Morgan fingerprint density at radius 2 is 1.90 bits per heavy atom. The second-order valence-electron chi connectivity index (χ2n) is 7.38. The number of rotatable bonds is 6. The highest BCUT2D eigenvalue weighted by Crippen LogP contribution is 2.25. The molecule has 0 bridgehead atoms. The van der Waals surface area contributed by atoms with E-state index in [4.69, 9.17) is 27.7 Å². The smallest absolute Gasteiger partial charge is 0.246 e. The summed E-state index contributed by atoms with van der Waals surface area (Å²) in [5, 5.41) is 8.21. The first-order chi connectivity index (χ1) is 14.6. The molecule has 1 aliphatic rings. The fourth-order valence-corrected chi connectivity index (χ4v) is 4.05. The largest absolute Gasteiger partial charge is 0.347 e. The summed E-state index contributed by atoms with van der Waals surface area (Å²) in [5.74, 6) is 0.933. The Hall–Kier alpha value is -2.41. The van der Waals surface area contributed by atoms with Crippen molar-refractivity contribution in [1.82, 2.24) is 20.4 Å². The van der Waals surface area contributed by atoms with E-state index in [2.05, 4.69) is 20.4 Å². The third kappa shape index (κ3) is 5.19. The Morgan fingerprint density at radius 1 is 1.13 bits per heavy atom. The molecule has 0 saturated carbocycles. The molecule has 0 unspecified atom stereocenters. The Morgan fingerprint density at radius 3 is 2.63 bits per heavy atom. The van der Waals surface area contributed by atoms with E-state index in [0.29, 0.717) is 21.8 Å². The van der Waals surface area contributed by atoms with Gasteiger partial charge in [0.2, 0.25) is 17.6 Å². The van der Waals surface area contributed by atoms with Crippen LogP contribution >= 0.6 is 23.2 Å². The third-order valence-electron chi connectivity index (χ3n) is 5.28. The van der Waals surface area contributed by atoms with E-state index in [0.717, 1.165) is 43.6 Å². The normalized spacial score (nSPS) is 15.3. The first-order valence-corrected chi connectivity index (χ1v) is 10.7. The van der Waals surface area contributed by atoms with Gasteiger partial charge in [-0.25, -0.2) is 0 Å². The second kappa shape index (κ2) is 9.60. The second-order valence-corrected chi connectivity index (χ2v) is 8.23. The fourth-order valence-electron chi connectivity index (χ4n) is 3.58. The predicted octanol–water partition coefficient (Wildman–Crippen LogP) is 4.57. The summed E-state index contributed by atoms with van der Waals surface area (Å²) >= 11 is 12.2. The lowest BCUT2D eigenvalue weighted by Crippen LogP contribution is -2.40. The van der Waals surface area contributed by atoms with Gasteiger partial charge in [-0.05, 0) is 43.6 Å². The van der Waals surface area contributed by atoms with E-state index in [9.17, 15) is 4.79 Å². The van der Waals surface area contributed by atoms with Crippen molar-refractivity contribution in [3.63, 3.8) is 0 Å². The van der Waals surface area contributed by atoms with Gasteiger partial charge in [0.25, 0.3) is 0 Å². The number of hydrogen-bond donors (Lipinski definition) is 1. The zero-order valence-electron chi connectivity index (χ0n) is 16.4. The van der Waals surface area contributed by atoms with Crippen molar-refractivity contribution in [3.05, 3.63) is 70.0 Å². The molecule has 1 fully saturated rings. The minimum absolute atomic E-state index is 0.0153. The van der Waals surface area contributed by atoms with Gasteiger partial charge >= 0.3 is 0 Å². The summed E-state index contributed by atoms with van der Waals surface area (Å²) in [6, 6.07) is 15.2. The summed E-state index contributed by atoms with van der Waals surface area (Å²) in [7, 11) is 0. The molecule has 1 aliphatic heterocycles. The molecule has 1 amide bonds. The van der Waals surface area contributed by atoms with Gasteiger partial charge in [0, 0.05) is 28.1 Å². The highest BCUT2D eigenvalue weighted by Gasteiger charge is 2.25. The molecule has 0 aliphatic carbocycles. The fraction of sp³-hybridized carbons (Fsp3) is 0.318. The SMILES string of the molecule is O=C(NCc1nc(-c2ccccc2)no1)C1CCN(Cc2ccc(Cl)cc2Cl)CC1. The number of piperidine rings is 1. The Labute approximate surface area is 185 Å². The number of aromatic nitrogens is 2. The van der Waals surface area contributed by atoms with Crippen LogP contribution in [0.25, 0.3) is 11.4 Å². The molecule has 4 rings (SSSR count). The van der Waals surface area contributed by atoms with Crippen LogP contribution in [0.1, 0.15) is 24.3 Å². The van der Waals surface area contributed by atoms with E-state index >= 15 is 0 Å². The van der Waals surface area contributed by atoms with Gasteiger partial charge in [0.1, 0.15) is 0 Å². The lowest BCUT2D eigenvalue weighted by atomic mass is 9.95. The number of amides is 1. The van der Waals surface area contributed by atoms with Crippen LogP contribution < -0.4 is 5.32 Å². The molecule has 1 aromatic heterocycles. The number of carbonyl (C=O) groups excluding carboxylic acids is 1. The zero-order chi connectivity index (χ0) is 20.9. The lowest BCUT2D eigenvalue weighted by Gasteiger charge is -2.31. The van der Waals surface area contributed by atoms with Crippen LogP contribution in [-0.2, 0) is 17.9 Å². The maximum Gasteiger partial charge on any atom is 0.246 e. The lowest BCUT2D eigenvalue weighted by molar-refractivity contribution is -0.126. The first-order valence-electron chi connectivity index (χ1n) is 9.90. The number of benzene rings is 2. The molecular weight excluding hydrogens is 423 g/mol. The summed E-state index contributed by atoms with van der Waals surface area (Å²) in [5.41, 5.74) is 1.93. The van der Waals surface area contributed by atoms with Gasteiger partial charge < -0.3 is 9.84 Å². The van der Waals surface area contributed by atoms with Crippen LogP contribution in [0.15, 0.2) is 53.1 Å². The molecular formula is C22H22Cl2N4O2. The molecule has 0 atom stereocenters. The van der Waals surface area contributed by atoms with Crippen LogP contribution in [0.3, 0.4) is 0 Å². The minimum Gasteiger partial charge on any atom is -0.347 e. The zero-order valence-corrected chi connectivity index (χ0v) is 17.9. The molecule has 1 saturated heterocycles. The standard InChI is InChI=1S/C22H22Cl2N4O2/c23-18-7-6-17(19(24)12-18)14-28-10-8-16(9-11-28)22(29)25-13-20-26-21(27-30-20)15-4-2-1-3-5-15/h1-7,12,16H,8-11,13-14H2,(H,25,29). The van der Waals surface area contributed by atoms with Crippen molar-refractivity contribution in [2.24, 2.45) is 5.92 Å². The maximum atomic E-state index is 12.5. The Balaban J connectivity index is 1.24. The Kier molecular flexibility index (Phi) is 6.67. The van der Waals surface area contributed by atoms with Gasteiger partial charge in [0.15, 0.2) is 0 Å². The van der Waals surface area contributed by atoms with Crippen LogP contribution in [0.4, 0.5) is 0 Å². The van der Waals surface area contributed by atoms with Crippen molar-refractivity contribution in [2.75, 3.05) is 13.1 Å². The van der Waals surface area contributed by atoms with Crippen molar-refractivity contribution in [2.45, 2.75) is 25.9 Å². The topological polar surface area (TPSA) is 71.3 Å². The summed E-state index contributed by atoms with van der Waals surface area (Å²) in [6.07, 6.45) is 1.60.